The monoisotopic (exact) mass is 218 g/mol. The Morgan fingerprint density at radius 1 is 1.86 bits per heavy atom. The Labute approximate surface area is 86.2 Å². The van der Waals surface area contributed by atoms with E-state index in [2.05, 4.69) is 9.84 Å². The van der Waals surface area contributed by atoms with Crippen molar-refractivity contribution in [2.45, 2.75) is 6.10 Å². The topological polar surface area (TPSA) is 64.3 Å². The minimum Gasteiger partial charge on any atom is -0.465 e. The summed E-state index contributed by atoms with van der Waals surface area (Å²) in [5.74, 6) is -0.527. The molecule has 0 aromatic carbocycles. The third kappa shape index (κ3) is 1.88. The predicted molar refractivity (Wildman–Crippen MR) is 50.2 cm³/mol. The molecular weight excluding hydrogens is 208 g/mol. The summed E-state index contributed by atoms with van der Waals surface area (Å²) in [5.41, 5.74) is 0.606. The van der Waals surface area contributed by atoms with Crippen LogP contribution in [0.25, 0.3) is 0 Å². The molecular formula is C8H11ClN2O3. The number of halogens is 1. The summed E-state index contributed by atoms with van der Waals surface area (Å²) in [6, 6.07) is 0. The van der Waals surface area contributed by atoms with Gasteiger partial charge in [0.1, 0.15) is 11.7 Å². The van der Waals surface area contributed by atoms with Gasteiger partial charge in [-0.25, -0.2) is 4.79 Å². The average molecular weight is 219 g/mol. The zero-order chi connectivity index (χ0) is 10.7. The van der Waals surface area contributed by atoms with Crippen LogP contribution in [0.1, 0.15) is 22.2 Å². The molecule has 0 saturated carbocycles. The van der Waals surface area contributed by atoms with E-state index in [0.717, 1.165) is 0 Å². The number of alkyl halides is 1. The van der Waals surface area contributed by atoms with E-state index in [4.69, 9.17) is 11.6 Å². The molecule has 1 aromatic heterocycles. The van der Waals surface area contributed by atoms with Gasteiger partial charge in [0.25, 0.3) is 0 Å². The van der Waals surface area contributed by atoms with E-state index >= 15 is 0 Å². The summed E-state index contributed by atoms with van der Waals surface area (Å²) in [6.07, 6.45) is 0.426. The first-order valence-corrected chi connectivity index (χ1v) is 4.49. The van der Waals surface area contributed by atoms with Gasteiger partial charge in [-0.1, -0.05) is 0 Å². The molecule has 0 radical (unpaired) electrons. The zero-order valence-electron chi connectivity index (χ0n) is 7.90. The van der Waals surface area contributed by atoms with Crippen molar-refractivity contribution >= 4 is 17.6 Å². The van der Waals surface area contributed by atoms with Crippen LogP contribution in [0, 0.1) is 0 Å². The summed E-state index contributed by atoms with van der Waals surface area (Å²) in [5, 5.41) is 13.4. The lowest BCUT2D eigenvalue weighted by Gasteiger charge is -2.09. The van der Waals surface area contributed by atoms with Gasteiger partial charge in [-0.2, -0.15) is 5.10 Å². The first-order chi connectivity index (χ1) is 6.61. The van der Waals surface area contributed by atoms with Gasteiger partial charge in [-0.15, -0.1) is 11.6 Å². The molecule has 0 saturated heterocycles. The molecule has 0 aliphatic carbocycles. The molecule has 1 rings (SSSR count). The van der Waals surface area contributed by atoms with Crippen molar-refractivity contribution in [2.75, 3.05) is 13.0 Å². The Balaban J connectivity index is 3.12. The van der Waals surface area contributed by atoms with E-state index in [0.29, 0.717) is 5.69 Å². The molecule has 0 amide bonds. The predicted octanol–water partition coefficient (Wildman–Crippen LogP) is 0.479. The Kier molecular flexibility index (Phi) is 3.49. The van der Waals surface area contributed by atoms with Gasteiger partial charge in [-0.3, -0.25) is 4.68 Å². The van der Waals surface area contributed by atoms with Crippen LogP contribution in [0.4, 0.5) is 0 Å². The summed E-state index contributed by atoms with van der Waals surface area (Å²) >= 11 is 5.49. The number of rotatable bonds is 3. The third-order valence-electron chi connectivity index (χ3n) is 1.85. The van der Waals surface area contributed by atoms with Gasteiger partial charge in [0, 0.05) is 7.05 Å². The molecule has 1 atom stereocenters. The van der Waals surface area contributed by atoms with Crippen LogP contribution in [0.2, 0.25) is 0 Å². The van der Waals surface area contributed by atoms with E-state index in [-0.39, 0.29) is 11.4 Å². The van der Waals surface area contributed by atoms with Crippen LogP contribution < -0.4 is 0 Å². The largest absolute Gasteiger partial charge is 0.465 e. The first-order valence-electron chi connectivity index (χ1n) is 3.96. The summed E-state index contributed by atoms with van der Waals surface area (Å²) < 4.78 is 5.94. The normalized spacial score (nSPS) is 12.6. The van der Waals surface area contributed by atoms with E-state index < -0.39 is 12.1 Å². The van der Waals surface area contributed by atoms with Crippen molar-refractivity contribution in [3.8, 4) is 0 Å². The fourth-order valence-electron chi connectivity index (χ4n) is 1.18. The summed E-state index contributed by atoms with van der Waals surface area (Å²) in [6.45, 7) is 0. The van der Waals surface area contributed by atoms with Crippen molar-refractivity contribution in [3.63, 3.8) is 0 Å². The van der Waals surface area contributed by atoms with Crippen LogP contribution >= 0.6 is 11.6 Å². The Hall–Kier alpha value is -1.07. The van der Waals surface area contributed by atoms with Gasteiger partial charge < -0.3 is 9.84 Å². The number of hydrogen-bond donors (Lipinski definition) is 1. The highest BCUT2D eigenvalue weighted by molar-refractivity contribution is 6.18. The fourth-order valence-corrected chi connectivity index (χ4v) is 1.33. The molecule has 5 nitrogen and oxygen atoms in total. The Bertz CT molecular complexity index is 337. The molecule has 1 aromatic rings. The molecule has 0 aliphatic rings. The molecule has 6 heteroatoms. The summed E-state index contributed by atoms with van der Waals surface area (Å²) in [7, 11) is 2.89. The molecule has 1 N–H and O–H groups in total. The zero-order valence-corrected chi connectivity index (χ0v) is 8.65. The van der Waals surface area contributed by atoms with E-state index in [9.17, 15) is 9.90 Å². The number of hydrogen-bond acceptors (Lipinski definition) is 4. The maximum absolute atomic E-state index is 11.2. The minimum atomic E-state index is -0.918. The molecule has 1 unspecified atom stereocenters. The van der Waals surface area contributed by atoms with Crippen molar-refractivity contribution in [1.29, 1.82) is 0 Å². The average Bonchev–Trinajstić information content (AvgIpc) is 2.58. The molecule has 1 heterocycles. The number of carbonyl (C=O) groups excluding carboxylic acids is 1. The van der Waals surface area contributed by atoms with Crippen molar-refractivity contribution in [1.82, 2.24) is 9.78 Å². The van der Waals surface area contributed by atoms with Crippen LogP contribution in [0.5, 0.6) is 0 Å². The Morgan fingerprint density at radius 2 is 2.50 bits per heavy atom. The van der Waals surface area contributed by atoms with Crippen LogP contribution in [0.15, 0.2) is 6.20 Å². The maximum Gasteiger partial charge on any atom is 0.341 e. The lowest BCUT2D eigenvalue weighted by atomic mass is 10.2. The molecule has 78 valence electrons. The quantitative estimate of drug-likeness (QED) is 0.592. The lowest BCUT2D eigenvalue weighted by Crippen LogP contribution is -2.12. The highest BCUT2D eigenvalue weighted by Crippen LogP contribution is 2.18. The number of esters is 1. The molecule has 0 bridgehead atoms. The molecule has 0 fully saturated rings. The first kappa shape index (κ1) is 11.0. The number of aromatic nitrogens is 2. The lowest BCUT2D eigenvalue weighted by molar-refractivity contribution is 0.0593. The van der Waals surface area contributed by atoms with Gasteiger partial charge in [0.05, 0.1) is 24.9 Å². The number of aliphatic hydroxyl groups is 1. The molecule has 0 spiro atoms. The number of carbonyl (C=O) groups is 1. The van der Waals surface area contributed by atoms with Crippen molar-refractivity contribution < 1.29 is 14.6 Å². The third-order valence-corrected chi connectivity index (χ3v) is 2.14. The number of ether oxygens (including phenoxy) is 1. The molecule has 14 heavy (non-hydrogen) atoms. The van der Waals surface area contributed by atoms with Crippen LogP contribution in [0.3, 0.4) is 0 Å². The van der Waals surface area contributed by atoms with Crippen LogP contribution in [-0.4, -0.2) is 33.8 Å². The van der Waals surface area contributed by atoms with E-state index in [1.807, 2.05) is 0 Å². The fraction of sp³-hybridized carbons (Fsp3) is 0.500. The smallest absolute Gasteiger partial charge is 0.341 e. The van der Waals surface area contributed by atoms with Gasteiger partial charge in [0.2, 0.25) is 0 Å². The highest BCUT2D eigenvalue weighted by atomic mass is 35.5. The summed E-state index contributed by atoms with van der Waals surface area (Å²) in [4.78, 5) is 11.2. The second-order valence-electron chi connectivity index (χ2n) is 2.73. The van der Waals surface area contributed by atoms with E-state index in [1.165, 1.54) is 18.0 Å². The second-order valence-corrected chi connectivity index (χ2v) is 3.04. The highest BCUT2D eigenvalue weighted by Gasteiger charge is 2.21. The van der Waals surface area contributed by atoms with Gasteiger partial charge >= 0.3 is 5.97 Å². The minimum absolute atomic E-state index is 0.00350. The maximum atomic E-state index is 11.2. The number of aliphatic hydroxyl groups excluding tert-OH is 1. The Morgan fingerprint density at radius 3 is 3.00 bits per heavy atom. The van der Waals surface area contributed by atoms with Gasteiger partial charge in [0.15, 0.2) is 0 Å². The standard InChI is InChI=1S/C8H11ClN2O3/c1-11-7(6(12)3-9)5(4-10-11)8(13)14-2/h4,6,12H,3H2,1-2H3. The van der Waals surface area contributed by atoms with Gasteiger partial charge in [-0.05, 0) is 0 Å². The van der Waals surface area contributed by atoms with Crippen molar-refractivity contribution in [3.05, 3.63) is 17.5 Å². The number of methoxy groups -OCH3 is 1. The SMILES string of the molecule is COC(=O)c1cnn(C)c1C(O)CCl. The second kappa shape index (κ2) is 4.43. The van der Waals surface area contributed by atoms with Crippen LogP contribution in [-0.2, 0) is 11.8 Å². The molecule has 0 aliphatic heterocycles. The number of nitrogens with zero attached hydrogens (tertiary/aromatic N) is 2. The van der Waals surface area contributed by atoms with E-state index in [1.54, 1.807) is 7.05 Å². The number of aryl methyl sites for hydroxylation is 1. The van der Waals surface area contributed by atoms with Crippen molar-refractivity contribution in [2.24, 2.45) is 7.05 Å².